The molecule has 0 saturated heterocycles. The molecule has 0 aromatic rings. The monoisotopic (exact) mass is 86.0 g/mol. The van der Waals surface area contributed by atoms with E-state index in [1.165, 1.54) is 0 Å². The van der Waals surface area contributed by atoms with Gasteiger partial charge in [0.25, 0.3) is 6.73 Å². The van der Waals surface area contributed by atoms with E-state index in [2.05, 4.69) is 9.99 Å². The SMILES string of the molecule is CN1C=[N+]OC1. The predicted molar refractivity (Wildman–Crippen MR) is 21.9 cm³/mol. The summed E-state index contributed by atoms with van der Waals surface area (Å²) in [7, 11) is 1.90. The van der Waals surface area contributed by atoms with E-state index < -0.39 is 0 Å². The van der Waals surface area contributed by atoms with Crippen LogP contribution in [0.2, 0.25) is 0 Å². The zero-order valence-electron chi connectivity index (χ0n) is 3.59. The lowest BCUT2D eigenvalue weighted by Gasteiger charge is -1.86. The maximum Gasteiger partial charge on any atom is 0.331 e. The highest BCUT2D eigenvalue weighted by atomic mass is 16.6. The van der Waals surface area contributed by atoms with Crippen LogP contribution in [0.15, 0.2) is 0 Å². The lowest BCUT2D eigenvalue weighted by Crippen LogP contribution is -2.10. The van der Waals surface area contributed by atoms with Crippen molar-refractivity contribution < 1.29 is 4.84 Å². The quantitative estimate of drug-likeness (QED) is 0.385. The van der Waals surface area contributed by atoms with Crippen molar-refractivity contribution in [2.45, 2.75) is 0 Å². The van der Waals surface area contributed by atoms with Crippen LogP contribution in [0.4, 0.5) is 0 Å². The normalized spacial score (nSPS) is 18.5. The Labute approximate surface area is 36.2 Å². The van der Waals surface area contributed by atoms with Gasteiger partial charge in [0, 0.05) is 0 Å². The number of nitrogens with zero attached hydrogens (tertiary/aromatic N) is 2. The molecule has 33 valence electrons. The van der Waals surface area contributed by atoms with Crippen molar-refractivity contribution in [1.29, 1.82) is 0 Å². The van der Waals surface area contributed by atoms with Crippen molar-refractivity contribution in [3.05, 3.63) is 0 Å². The van der Waals surface area contributed by atoms with E-state index in [-0.39, 0.29) is 0 Å². The molecule has 3 nitrogen and oxygen atoms in total. The number of oxime groups is 1. The molecule has 0 fully saturated rings. The van der Waals surface area contributed by atoms with Gasteiger partial charge < -0.3 is 0 Å². The highest BCUT2D eigenvalue weighted by molar-refractivity contribution is 5.52. The van der Waals surface area contributed by atoms with E-state index in [1.54, 1.807) is 6.34 Å². The topological polar surface area (TPSA) is 26.6 Å². The van der Waals surface area contributed by atoms with Crippen LogP contribution in [-0.4, -0.2) is 25.0 Å². The Bertz CT molecular complexity index is 71.2. The van der Waals surface area contributed by atoms with Crippen LogP contribution in [-0.2, 0) is 4.84 Å². The van der Waals surface area contributed by atoms with Gasteiger partial charge in [-0.1, -0.05) is 0 Å². The Morgan fingerprint density at radius 1 is 2.00 bits per heavy atom. The van der Waals surface area contributed by atoms with Crippen molar-refractivity contribution in [1.82, 2.24) is 10.1 Å². The molecule has 1 rings (SSSR count). The summed E-state index contributed by atoms with van der Waals surface area (Å²) >= 11 is 0. The van der Waals surface area contributed by atoms with Gasteiger partial charge in [-0.2, -0.15) is 0 Å². The van der Waals surface area contributed by atoms with Gasteiger partial charge in [-0.25, -0.2) is 4.90 Å². The first kappa shape index (κ1) is 3.46. The maximum atomic E-state index is 4.55. The molecule has 0 atom stereocenters. The van der Waals surface area contributed by atoms with Gasteiger partial charge in [-0.3, -0.25) is 4.84 Å². The first-order chi connectivity index (χ1) is 2.89. The molecule has 0 aromatic heterocycles. The summed E-state index contributed by atoms with van der Waals surface area (Å²) in [6.45, 7) is 0.597. The van der Waals surface area contributed by atoms with Crippen LogP contribution in [0.25, 0.3) is 0 Å². The first-order valence-corrected chi connectivity index (χ1v) is 1.75. The molecule has 1 radical (unpaired) electrons. The first-order valence-electron chi connectivity index (χ1n) is 1.75. The fourth-order valence-electron chi connectivity index (χ4n) is 0.272. The highest BCUT2D eigenvalue weighted by Crippen LogP contribution is 1.78. The Morgan fingerprint density at radius 3 is 3.00 bits per heavy atom. The largest absolute Gasteiger partial charge is 0.331 e. The summed E-state index contributed by atoms with van der Waals surface area (Å²) in [6.07, 6.45) is 1.64. The van der Waals surface area contributed by atoms with Gasteiger partial charge >= 0.3 is 6.34 Å². The van der Waals surface area contributed by atoms with Crippen LogP contribution >= 0.6 is 0 Å². The summed E-state index contributed by atoms with van der Waals surface area (Å²) < 4.78 is 0. The number of hydrogen-bond donors (Lipinski definition) is 0. The van der Waals surface area contributed by atoms with Crippen molar-refractivity contribution >= 4 is 6.34 Å². The molecule has 0 aromatic carbocycles. The zero-order valence-corrected chi connectivity index (χ0v) is 3.59. The third kappa shape index (κ3) is 0.429. The zero-order chi connectivity index (χ0) is 4.41. The van der Waals surface area contributed by atoms with Crippen LogP contribution in [0.5, 0.6) is 0 Å². The number of hydrogen-bond acceptors (Lipinski definition) is 3. The van der Waals surface area contributed by atoms with Crippen LogP contribution in [0, 0.1) is 0 Å². The lowest BCUT2D eigenvalue weighted by molar-refractivity contribution is 0.0838. The molecule has 0 spiro atoms. The van der Waals surface area contributed by atoms with E-state index in [0.717, 1.165) is 0 Å². The molecule has 0 bridgehead atoms. The molecule has 1 aliphatic rings. The van der Waals surface area contributed by atoms with Crippen LogP contribution in [0.3, 0.4) is 0 Å². The van der Waals surface area contributed by atoms with E-state index in [0.29, 0.717) is 6.73 Å². The average Bonchev–Trinajstić information content (AvgIpc) is 1.86. The molecule has 6 heavy (non-hydrogen) atoms. The van der Waals surface area contributed by atoms with Crippen molar-refractivity contribution in [2.75, 3.05) is 13.8 Å². The summed E-state index contributed by atoms with van der Waals surface area (Å²) in [5.41, 5.74) is 0. The lowest BCUT2D eigenvalue weighted by atomic mass is 10.9. The minimum Gasteiger partial charge on any atom is -0.252 e. The molecule has 0 aliphatic carbocycles. The van der Waals surface area contributed by atoms with E-state index in [4.69, 9.17) is 0 Å². The molecule has 0 amide bonds. The standard InChI is InChI=1S/C3H6N2O/c1-5-2-4-6-3-5/h2H,3H2,1H3/q+1. The minimum absolute atomic E-state index is 0.597. The van der Waals surface area contributed by atoms with Gasteiger partial charge in [0.15, 0.2) is 0 Å². The average molecular weight is 86.1 g/mol. The Balaban J connectivity index is 2.38. The number of rotatable bonds is 0. The predicted octanol–water partition coefficient (Wildman–Crippen LogP) is -0.815. The highest BCUT2D eigenvalue weighted by Gasteiger charge is 2.07. The molecule has 1 aliphatic heterocycles. The van der Waals surface area contributed by atoms with Crippen LogP contribution < -0.4 is 5.16 Å². The van der Waals surface area contributed by atoms with E-state index in [1.807, 2.05) is 11.9 Å². The minimum atomic E-state index is 0.597. The Morgan fingerprint density at radius 2 is 2.83 bits per heavy atom. The van der Waals surface area contributed by atoms with Crippen molar-refractivity contribution in [2.24, 2.45) is 0 Å². The fraction of sp³-hybridized carbons (Fsp3) is 0.667. The second-order valence-electron chi connectivity index (χ2n) is 1.24. The van der Waals surface area contributed by atoms with Crippen molar-refractivity contribution in [3.8, 4) is 0 Å². The summed E-state index contributed by atoms with van der Waals surface area (Å²) in [6, 6.07) is 0. The molecular weight excluding hydrogens is 80.0 g/mol. The summed E-state index contributed by atoms with van der Waals surface area (Å²) in [4.78, 5) is 6.40. The van der Waals surface area contributed by atoms with Crippen LogP contribution in [0.1, 0.15) is 0 Å². The second kappa shape index (κ2) is 1.16. The van der Waals surface area contributed by atoms with Gasteiger partial charge in [0.05, 0.1) is 7.05 Å². The molecule has 0 saturated carbocycles. The van der Waals surface area contributed by atoms with E-state index in [9.17, 15) is 0 Å². The van der Waals surface area contributed by atoms with Gasteiger partial charge in [-0.15, -0.1) is 0 Å². The maximum absolute atomic E-state index is 4.55. The van der Waals surface area contributed by atoms with Gasteiger partial charge in [-0.05, 0) is 0 Å². The Kier molecular flexibility index (Phi) is 0.670. The summed E-state index contributed by atoms with van der Waals surface area (Å²) in [5.74, 6) is 0. The third-order valence-corrected chi connectivity index (χ3v) is 0.580. The van der Waals surface area contributed by atoms with Gasteiger partial charge in [0.2, 0.25) is 0 Å². The Hall–Kier alpha value is -0.730. The summed E-state index contributed by atoms with van der Waals surface area (Å²) in [5, 5.41) is 3.47. The molecule has 3 heteroatoms. The second-order valence-corrected chi connectivity index (χ2v) is 1.24. The molecular formula is C3H6N2O+. The van der Waals surface area contributed by atoms with E-state index >= 15 is 0 Å². The molecule has 1 heterocycles. The van der Waals surface area contributed by atoms with Crippen molar-refractivity contribution in [3.63, 3.8) is 0 Å². The smallest absolute Gasteiger partial charge is 0.252 e. The molecule has 0 unspecified atom stereocenters. The molecule has 0 N–H and O–H groups in total. The third-order valence-electron chi connectivity index (χ3n) is 0.580. The van der Waals surface area contributed by atoms with Gasteiger partial charge in [0.1, 0.15) is 5.16 Å². The fourth-order valence-corrected chi connectivity index (χ4v) is 0.272.